The molecule has 0 aliphatic heterocycles. The number of aromatic nitrogens is 3. The fourth-order valence-electron chi connectivity index (χ4n) is 2.03. The number of nitrogens with one attached hydrogen (secondary N) is 1. The summed E-state index contributed by atoms with van der Waals surface area (Å²) < 4.78 is 1.96. The molecule has 1 N–H and O–H groups in total. The lowest BCUT2D eigenvalue weighted by Crippen LogP contribution is -2.14. The summed E-state index contributed by atoms with van der Waals surface area (Å²) in [6.45, 7) is 5.86. The average molecular weight is 318 g/mol. The van der Waals surface area contributed by atoms with Gasteiger partial charge in [-0.1, -0.05) is 11.3 Å². The highest BCUT2D eigenvalue weighted by Gasteiger charge is 2.21. The molecule has 0 unspecified atom stereocenters. The second kappa shape index (κ2) is 5.42. The molecule has 0 spiro atoms. The molecule has 0 bridgehead atoms. The Balaban J connectivity index is 1.99. The van der Waals surface area contributed by atoms with Crippen molar-refractivity contribution in [3.05, 3.63) is 45.5 Å². The summed E-state index contributed by atoms with van der Waals surface area (Å²) in [5.74, 6) is -0.142. The Morgan fingerprint density at radius 3 is 2.48 bits per heavy atom. The molecule has 0 radical (unpaired) electrons. The Bertz CT molecular complexity index is 786. The van der Waals surface area contributed by atoms with Crippen LogP contribution in [0.3, 0.4) is 0 Å². The number of aryl methyl sites for hydroxylation is 2. The lowest BCUT2D eigenvalue weighted by molar-refractivity contribution is 0.102. The maximum absolute atomic E-state index is 12.6. The van der Waals surface area contributed by atoms with E-state index in [0.29, 0.717) is 10.7 Å². The van der Waals surface area contributed by atoms with Gasteiger partial charge >= 0.3 is 0 Å². The minimum absolute atomic E-state index is 0.142. The van der Waals surface area contributed by atoms with Crippen molar-refractivity contribution >= 4 is 33.7 Å². The summed E-state index contributed by atoms with van der Waals surface area (Å²) in [5, 5.41) is 13.0. The van der Waals surface area contributed by atoms with Gasteiger partial charge in [0.2, 0.25) is 5.13 Å². The van der Waals surface area contributed by atoms with E-state index in [1.807, 2.05) is 49.9 Å². The van der Waals surface area contributed by atoms with Crippen molar-refractivity contribution in [1.82, 2.24) is 14.8 Å². The quantitative estimate of drug-likeness (QED) is 0.803. The van der Waals surface area contributed by atoms with Crippen LogP contribution in [0.1, 0.15) is 25.8 Å². The van der Waals surface area contributed by atoms with Crippen LogP contribution < -0.4 is 5.32 Å². The van der Waals surface area contributed by atoms with Crippen LogP contribution in [0.4, 0.5) is 5.13 Å². The Morgan fingerprint density at radius 1 is 1.14 bits per heavy atom. The molecular weight excluding hydrogens is 304 g/mol. The number of nitrogens with zero attached hydrogens (tertiary/aromatic N) is 3. The number of carbonyl (C=O) groups excluding carboxylic acids is 1. The zero-order chi connectivity index (χ0) is 15.0. The number of carbonyl (C=O) groups is 1. The third-order valence-electron chi connectivity index (χ3n) is 3.18. The topological polar surface area (TPSA) is 59.8 Å². The zero-order valence-corrected chi connectivity index (χ0v) is 13.5. The standard InChI is InChI=1S/C14H14N4OS2/c1-8-9(2)20-13(18-6-4-5-7-18)11(8)12(19)15-14-17-16-10(3)21-14/h4-7H,1-3H3,(H,15,17,19). The molecule has 0 saturated carbocycles. The number of amides is 1. The first kappa shape index (κ1) is 14.0. The first-order chi connectivity index (χ1) is 10.1. The number of thiophene rings is 1. The SMILES string of the molecule is Cc1nnc(NC(=O)c2c(-n3cccc3)sc(C)c2C)s1. The van der Waals surface area contributed by atoms with Crippen LogP contribution in [0.5, 0.6) is 0 Å². The van der Waals surface area contributed by atoms with Gasteiger partial charge in [-0.25, -0.2) is 0 Å². The van der Waals surface area contributed by atoms with E-state index in [2.05, 4.69) is 15.5 Å². The van der Waals surface area contributed by atoms with Crippen LogP contribution in [0.2, 0.25) is 0 Å². The number of rotatable bonds is 3. The maximum atomic E-state index is 12.6. The fraction of sp³-hybridized carbons (Fsp3) is 0.214. The third-order valence-corrected chi connectivity index (χ3v) is 5.15. The monoisotopic (exact) mass is 318 g/mol. The van der Waals surface area contributed by atoms with Crippen LogP contribution in [0.25, 0.3) is 5.00 Å². The highest BCUT2D eigenvalue weighted by molar-refractivity contribution is 7.15. The second-order valence-electron chi connectivity index (χ2n) is 4.63. The van der Waals surface area contributed by atoms with E-state index in [0.717, 1.165) is 20.4 Å². The van der Waals surface area contributed by atoms with Crippen molar-refractivity contribution in [2.75, 3.05) is 5.32 Å². The van der Waals surface area contributed by atoms with E-state index in [4.69, 9.17) is 0 Å². The number of anilines is 1. The lowest BCUT2D eigenvalue weighted by Gasteiger charge is -2.06. The summed E-state index contributed by atoms with van der Waals surface area (Å²) in [5.41, 5.74) is 1.70. The normalized spacial score (nSPS) is 10.8. The molecule has 108 valence electrons. The maximum Gasteiger partial charge on any atom is 0.260 e. The highest BCUT2D eigenvalue weighted by Crippen LogP contribution is 2.31. The van der Waals surface area contributed by atoms with E-state index >= 15 is 0 Å². The smallest absolute Gasteiger partial charge is 0.260 e. The van der Waals surface area contributed by atoms with Gasteiger partial charge in [0.15, 0.2) is 0 Å². The van der Waals surface area contributed by atoms with Crippen LogP contribution in [0, 0.1) is 20.8 Å². The molecule has 21 heavy (non-hydrogen) atoms. The summed E-state index contributed by atoms with van der Waals surface area (Å²) >= 11 is 2.98. The minimum atomic E-state index is -0.142. The molecule has 0 saturated heterocycles. The van der Waals surface area contributed by atoms with Gasteiger partial charge in [-0.2, -0.15) is 0 Å². The van der Waals surface area contributed by atoms with Gasteiger partial charge in [-0.3, -0.25) is 10.1 Å². The largest absolute Gasteiger partial charge is 0.315 e. The molecule has 0 aromatic carbocycles. The van der Waals surface area contributed by atoms with Crippen molar-refractivity contribution in [2.45, 2.75) is 20.8 Å². The van der Waals surface area contributed by atoms with Gasteiger partial charge in [-0.05, 0) is 38.5 Å². The Morgan fingerprint density at radius 2 is 1.86 bits per heavy atom. The van der Waals surface area contributed by atoms with Crippen molar-refractivity contribution in [3.63, 3.8) is 0 Å². The fourth-order valence-corrected chi connectivity index (χ4v) is 3.74. The molecule has 3 aromatic rings. The van der Waals surface area contributed by atoms with Gasteiger partial charge in [-0.15, -0.1) is 21.5 Å². The molecule has 1 amide bonds. The lowest BCUT2D eigenvalue weighted by atomic mass is 10.1. The predicted molar refractivity (Wildman–Crippen MR) is 85.7 cm³/mol. The van der Waals surface area contributed by atoms with Crippen LogP contribution in [0.15, 0.2) is 24.5 Å². The van der Waals surface area contributed by atoms with E-state index in [9.17, 15) is 4.79 Å². The van der Waals surface area contributed by atoms with Gasteiger partial charge < -0.3 is 4.57 Å². The Kier molecular flexibility index (Phi) is 3.60. The number of hydrogen-bond acceptors (Lipinski definition) is 5. The number of hydrogen-bond donors (Lipinski definition) is 1. The third kappa shape index (κ3) is 2.62. The van der Waals surface area contributed by atoms with Gasteiger partial charge in [0.1, 0.15) is 10.0 Å². The Labute approximate surface area is 130 Å². The molecule has 0 atom stereocenters. The van der Waals surface area contributed by atoms with Gasteiger partial charge in [0, 0.05) is 17.3 Å². The van der Waals surface area contributed by atoms with E-state index < -0.39 is 0 Å². The zero-order valence-electron chi connectivity index (χ0n) is 11.9. The van der Waals surface area contributed by atoms with Crippen molar-refractivity contribution < 1.29 is 4.79 Å². The van der Waals surface area contributed by atoms with Crippen LogP contribution >= 0.6 is 22.7 Å². The summed E-state index contributed by atoms with van der Waals surface area (Å²) in [7, 11) is 0. The first-order valence-corrected chi connectivity index (χ1v) is 8.04. The summed E-state index contributed by atoms with van der Waals surface area (Å²) in [6, 6.07) is 3.89. The van der Waals surface area contributed by atoms with E-state index in [1.165, 1.54) is 11.3 Å². The molecule has 7 heteroatoms. The van der Waals surface area contributed by atoms with Gasteiger partial charge in [0.25, 0.3) is 5.91 Å². The molecule has 3 aromatic heterocycles. The highest BCUT2D eigenvalue weighted by atomic mass is 32.1. The van der Waals surface area contributed by atoms with Crippen molar-refractivity contribution in [2.24, 2.45) is 0 Å². The molecule has 0 fully saturated rings. The molecule has 5 nitrogen and oxygen atoms in total. The molecule has 3 heterocycles. The predicted octanol–water partition coefficient (Wildman–Crippen LogP) is 3.57. The molecule has 3 rings (SSSR count). The second-order valence-corrected chi connectivity index (χ2v) is 7.02. The molecule has 0 aliphatic rings. The average Bonchev–Trinajstić information content (AvgIpc) is 3.13. The van der Waals surface area contributed by atoms with Crippen molar-refractivity contribution in [3.8, 4) is 5.00 Å². The Hall–Kier alpha value is -1.99. The van der Waals surface area contributed by atoms with Gasteiger partial charge in [0.05, 0.1) is 5.56 Å². The van der Waals surface area contributed by atoms with Crippen LogP contribution in [-0.2, 0) is 0 Å². The molecule has 0 aliphatic carbocycles. The van der Waals surface area contributed by atoms with E-state index in [-0.39, 0.29) is 5.91 Å². The first-order valence-electron chi connectivity index (χ1n) is 6.41. The summed E-state index contributed by atoms with van der Waals surface area (Å²) in [4.78, 5) is 13.7. The minimum Gasteiger partial charge on any atom is -0.315 e. The summed E-state index contributed by atoms with van der Waals surface area (Å²) in [6.07, 6.45) is 3.88. The van der Waals surface area contributed by atoms with Crippen molar-refractivity contribution in [1.29, 1.82) is 0 Å². The van der Waals surface area contributed by atoms with E-state index in [1.54, 1.807) is 11.3 Å². The van der Waals surface area contributed by atoms with Crippen LogP contribution in [-0.4, -0.2) is 20.7 Å². The molecular formula is C14H14N4OS2.